The van der Waals surface area contributed by atoms with Crippen molar-refractivity contribution in [3.05, 3.63) is 64.7 Å². The lowest BCUT2D eigenvalue weighted by Crippen LogP contribution is -2.21. The standard InChI is InChI=1S/C16H17NO/c1-18-16-8-4-7-13-14(16)9-11-5-2-3-6-12(11)15(13)10-17/h2-8,15H,9-10,17H2,1H3. The third kappa shape index (κ3) is 1.61. The van der Waals surface area contributed by atoms with Crippen LogP contribution in [0.2, 0.25) is 0 Å². The van der Waals surface area contributed by atoms with E-state index in [9.17, 15) is 0 Å². The largest absolute Gasteiger partial charge is 0.496 e. The van der Waals surface area contributed by atoms with Gasteiger partial charge in [-0.2, -0.15) is 0 Å². The first-order valence-electron chi connectivity index (χ1n) is 6.28. The molecule has 0 spiro atoms. The van der Waals surface area contributed by atoms with Gasteiger partial charge >= 0.3 is 0 Å². The second-order valence-corrected chi connectivity index (χ2v) is 4.69. The van der Waals surface area contributed by atoms with Gasteiger partial charge in [0.15, 0.2) is 0 Å². The van der Waals surface area contributed by atoms with Crippen LogP contribution in [0.5, 0.6) is 5.75 Å². The third-order valence-electron chi connectivity index (χ3n) is 3.80. The Hall–Kier alpha value is -1.80. The molecule has 3 rings (SSSR count). The van der Waals surface area contributed by atoms with Crippen LogP contribution >= 0.6 is 0 Å². The van der Waals surface area contributed by atoms with Crippen molar-refractivity contribution in [1.29, 1.82) is 0 Å². The molecule has 0 aliphatic heterocycles. The zero-order valence-corrected chi connectivity index (χ0v) is 10.5. The molecule has 0 radical (unpaired) electrons. The van der Waals surface area contributed by atoms with Crippen molar-refractivity contribution in [2.45, 2.75) is 12.3 Å². The molecule has 0 saturated carbocycles. The van der Waals surface area contributed by atoms with Crippen molar-refractivity contribution < 1.29 is 4.74 Å². The molecule has 1 atom stereocenters. The Balaban J connectivity index is 2.20. The van der Waals surface area contributed by atoms with Crippen molar-refractivity contribution in [3.63, 3.8) is 0 Å². The number of hydrogen-bond acceptors (Lipinski definition) is 2. The Labute approximate surface area is 107 Å². The van der Waals surface area contributed by atoms with Gasteiger partial charge in [0.05, 0.1) is 7.11 Å². The first kappa shape index (κ1) is 11.3. The summed E-state index contributed by atoms with van der Waals surface area (Å²) < 4.78 is 5.48. The molecule has 1 aliphatic rings. The number of fused-ring (bicyclic) bond motifs is 2. The predicted molar refractivity (Wildman–Crippen MR) is 73.1 cm³/mol. The minimum atomic E-state index is 0.292. The summed E-state index contributed by atoms with van der Waals surface area (Å²) >= 11 is 0. The summed E-state index contributed by atoms with van der Waals surface area (Å²) in [5, 5.41) is 0. The molecule has 0 fully saturated rings. The number of hydrogen-bond donors (Lipinski definition) is 1. The van der Waals surface area contributed by atoms with Crippen LogP contribution in [0.4, 0.5) is 0 Å². The SMILES string of the molecule is COc1cccc2c1Cc1ccccc1C2CN. The molecule has 18 heavy (non-hydrogen) atoms. The van der Waals surface area contributed by atoms with E-state index in [0.717, 1.165) is 12.2 Å². The summed E-state index contributed by atoms with van der Waals surface area (Å²) in [5.41, 5.74) is 11.3. The van der Waals surface area contributed by atoms with E-state index < -0.39 is 0 Å². The van der Waals surface area contributed by atoms with Crippen molar-refractivity contribution >= 4 is 0 Å². The quantitative estimate of drug-likeness (QED) is 0.874. The topological polar surface area (TPSA) is 35.2 Å². The fraction of sp³-hybridized carbons (Fsp3) is 0.250. The van der Waals surface area contributed by atoms with Gasteiger partial charge in [0.2, 0.25) is 0 Å². The molecule has 0 saturated heterocycles. The summed E-state index contributed by atoms with van der Waals surface area (Å²) in [5.74, 6) is 1.26. The molecule has 2 aromatic rings. The number of benzene rings is 2. The van der Waals surface area contributed by atoms with Crippen LogP contribution in [-0.2, 0) is 6.42 Å². The molecule has 2 heteroatoms. The molecule has 0 aromatic heterocycles. The zero-order valence-electron chi connectivity index (χ0n) is 10.5. The summed E-state index contributed by atoms with van der Waals surface area (Å²) in [6, 6.07) is 14.8. The summed E-state index contributed by atoms with van der Waals surface area (Å²) in [4.78, 5) is 0. The number of rotatable bonds is 2. The molecule has 1 aliphatic carbocycles. The zero-order chi connectivity index (χ0) is 12.5. The van der Waals surface area contributed by atoms with Gasteiger partial charge in [-0.3, -0.25) is 0 Å². The van der Waals surface area contributed by atoms with E-state index in [-0.39, 0.29) is 0 Å². The molecular formula is C16H17NO. The second kappa shape index (κ2) is 4.46. The fourth-order valence-corrected chi connectivity index (χ4v) is 2.94. The van der Waals surface area contributed by atoms with E-state index in [1.807, 2.05) is 12.1 Å². The van der Waals surface area contributed by atoms with Gasteiger partial charge in [0.25, 0.3) is 0 Å². The molecule has 2 N–H and O–H groups in total. The highest BCUT2D eigenvalue weighted by Gasteiger charge is 2.25. The van der Waals surface area contributed by atoms with Crippen molar-refractivity contribution in [1.82, 2.24) is 0 Å². The normalized spacial score (nSPS) is 16.9. The fourth-order valence-electron chi connectivity index (χ4n) is 2.94. The Kier molecular flexibility index (Phi) is 2.80. The molecule has 0 heterocycles. The van der Waals surface area contributed by atoms with Gasteiger partial charge in [-0.25, -0.2) is 0 Å². The van der Waals surface area contributed by atoms with Gasteiger partial charge < -0.3 is 10.5 Å². The highest BCUT2D eigenvalue weighted by Crippen LogP contribution is 2.39. The van der Waals surface area contributed by atoms with Crippen molar-refractivity contribution in [2.24, 2.45) is 5.73 Å². The van der Waals surface area contributed by atoms with Crippen molar-refractivity contribution in [3.8, 4) is 5.75 Å². The van der Waals surface area contributed by atoms with Crippen LogP contribution in [-0.4, -0.2) is 13.7 Å². The predicted octanol–water partition coefficient (Wildman–Crippen LogP) is 2.69. The third-order valence-corrected chi connectivity index (χ3v) is 3.80. The minimum Gasteiger partial charge on any atom is -0.496 e. The lowest BCUT2D eigenvalue weighted by Gasteiger charge is -2.28. The van der Waals surface area contributed by atoms with E-state index in [1.165, 1.54) is 22.3 Å². The highest BCUT2D eigenvalue weighted by molar-refractivity contribution is 5.54. The average Bonchev–Trinajstić information content (AvgIpc) is 2.44. The van der Waals surface area contributed by atoms with Crippen LogP contribution in [0.3, 0.4) is 0 Å². The average molecular weight is 239 g/mol. The maximum atomic E-state index is 5.98. The molecule has 0 bridgehead atoms. The van der Waals surface area contributed by atoms with Crippen LogP contribution in [0.1, 0.15) is 28.2 Å². The number of methoxy groups -OCH3 is 1. The Morgan fingerprint density at radius 1 is 1.11 bits per heavy atom. The van der Waals surface area contributed by atoms with Gasteiger partial charge in [0, 0.05) is 24.4 Å². The maximum absolute atomic E-state index is 5.98. The Morgan fingerprint density at radius 3 is 2.67 bits per heavy atom. The molecule has 0 amide bonds. The van der Waals surface area contributed by atoms with Gasteiger partial charge in [0.1, 0.15) is 5.75 Å². The van der Waals surface area contributed by atoms with E-state index in [2.05, 4.69) is 30.3 Å². The van der Waals surface area contributed by atoms with Gasteiger partial charge in [-0.1, -0.05) is 36.4 Å². The van der Waals surface area contributed by atoms with Crippen LogP contribution in [0.15, 0.2) is 42.5 Å². The lowest BCUT2D eigenvalue weighted by molar-refractivity contribution is 0.409. The summed E-state index contributed by atoms with van der Waals surface area (Å²) in [7, 11) is 1.73. The maximum Gasteiger partial charge on any atom is 0.122 e. The van der Waals surface area contributed by atoms with E-state index in [0.29, 0.717) is 12.5 Å². The number of ether oxygens (including phenoxy) is 1. The van der Waals surface area contributed by atoms with E-state index in [1.54, 1.807) is 7.11 Å². The molecule has 2 aromatic carbocycles. The Bertz CT molecular complexity index is 577. The summed E-state index contributed by atoms with van der Waals surface area (Å²) in [6.45, 7) is 0.636. The highest BCUT2D eigenvalue weighted by atomic mass is 16.5. The van der Waals surface area contributed by atoms with E-state index in [4.69, 9.17) is 10.5 Å². The number of nitrogens with two attached hydrogens (primary N) is 1. The smallest absolute Gasteiger partial charge is 0.122 e. The van der Waals surface area contributed by atoms with E-state index >= 15 is 0 Å². The first-order valence-corrected chi connectivity index (χ1v) is 6.28. The van der Waals surface area contributed by atoms with Crippen molar-refractivity contribution in [2.75, 3.05) is 13.7 Å². The summed E-state index contributed by atoms with van der Waals surface area (Å²) in [6.07, 6.45) is 0.937. The molecule has 1 unspecified atom stereocenters. The van der Waals surface area contributed by atoms with Crippen LogP contribution in [0.25, 0.3) is 0 Å². The molecular weight excluding hydrogens is 222 g/mol. The second-order valence-electron chi connectivity index (χ2n) is 4.69. The minimum absolute atomic E-state index is 0.292. The van der Waals surface area contributed by atoms with Crippen LogP contribution < -0.4 is 10.5 Å². The molecule has 92 valence electrons. The van der Waals surface area contributed by atoms with Gasteiger partial charge in [-0.15, -0.1) is 0 Å². The first-order chi connectivity index (χ1) is 8.85. The lowest BCUT2D eigenvalue weighted by atomic mass is 9.78. The Morgan fingerprint density at radius 2 is 1.89 bits per heavy atom. The monoisotopic (exact) mass is 239 g/mol. The van der Waals surface area contributed by atoms with Gasteiger partial charge in [-0.05, 0) is 22.8 Å². The molecule has 2 nitrogen and oxygen atoms in total. The van der Waals surface area contributed by atoms with Crippen LogP contribution in [0, 0.1) is 0 Å².